The lowest BCUT2D eigenvalue weighted by Crippen LogP contribution is -2.29. The van der Waals surface area contributed by atoms with Gasteiger partial charge < -0.3 is 14.8 Å². The minimum Gasteiger partial charge on any atom is -0.491 e. The van der Waals surface area contributed by atoms with Crippen molar-refractivity contribution in [3.8, 4) is 16.9 Å². The Balaban J connectivity index is 2.17. The molecule has 2 N–H and O–H groups in total. The molecule has 3 nitrogen and oxygen atoms in total. The van der Waals surface area contributed by atoms with Gasteiger partial charge in [-0.2, -0.15) is 0 Å². The van der Waals surface area contributed by atoms with Crippen LogP contribution < -0.4 is 10.2 Å². The van der Waals surface area contributed by atoms with Crippen molar-refractivity contribution < 1.29 is 14.8 Å². The van der Waals surface area contributed by atoms with Crippen molar-refractivity contribution >= 4 is 12.6 Å². The largest absolute Gasteiger partial charge is 0.491 e. The first-order valence-electron chi connectivity index (χ1n) is 6.29. The first kappa shape index (κ1) is 13.7. The molecule has 0 saturated heterocycles. The molecular formula is C15H17BO3. The number of hydrogen-bond acceptors (Lipinski definition) is 3. The lowest BCUT2D eigenvalue weighted by Gasteiger charge is -2.10. The Morgan fingerprint density at radius 3 is 1.74 bits per heavy atom. The van der Waals surface area contributed by atoms with E-state index in [0.29, 0.717) is 5.46 Å². The third-order valence-electron chi connectivity index (χ3n) is 2.77. The number of benzene rings is 2. The van der Waals surface area contributed by atoms with Crippen LogP contribution >= 0.6 is 0 Å². The predicted molar refractivity (Wildman–Crippen MR) is 77.5 cm³/mol. The zero-order valence-corrected chi connectivity index (χ0v) is 11.1. The van der Waals surface area contributed by atoms with E-state index in [2.05, 4.69) is 0 Å². The van der Waals surface area contributed by atoms with Crippen LogP contribution in [-0.4, -0.2) is 23.3 Å². The van der Waals surface area contributed by atoms with E-state index in [-0.39, 0.29) is 6.10 Å². The van der Waals surface area contributed by atoms with Gasteiger partial charge in [0.1, 0.15) is 5.75 Å². The maximum Gasteiger partial charge on any atom is 0.488 e. The summed E-state index contributed by atoms with van der Waals surface area (Å²) < 4.78 is 5.59. The minimum absolute atomic E-state index is 0.163. The monoisotopic (exact) mass is 256 g/mol. The van der Waals surface area contributed by atoms with Gasteiger partial charge in [-0.25, -0.2) is 0 Å². The van der Waals surface area contributed by atoms with Gasteiger partial charge in [0.05, 0.1) is 6.10 Å². The normalized spacial score (nSPS) is 10.6. The summed E-state index contributed by atoms with van der Waals surface area (Å²) in [5.74, 6) is 0.848. The molecule has 98 valence electrons. The van der Waals surface area contributed by atoms with Crippen molar-refractivity contribution in [2.45, 2.75) is 20.0 Å². The van der Waals surface area contributed by atoms with E-state index in [1.165, 1.54) is 0 Å². The smallest absolute Gasteiger partial charge is 0.488 e. The van der Waals surface area contributed by atoms with Crippen LogP contribution in [-0.2, 0) is 0 Å². The van der Waals surface area contributed by atoms with Crippen LogP contribution in [0.1, 0.15) is 13.8 Å². The summed E-state index contributed by atoms with van der Waals surface area (Å²) in [4.78, 5) is 0. The van der Waals surface area contributed by atoms with Gasteiger partial charge in [0.15, 0.2) is 0 Å². The Labute approximate surface area is 113 Å². The number of rotatable bonds is 4. The fraction of sp³-hybridized carbons (Fsp3) is 0.200. The summed E-state index contributed by atoms with van der Waals surface area (Å²) in [6.07, 6.45) is 0.163. The number of hydrogen-bond donors (Lipinski definition) is 2. The highest BCUT2D eigenvalue weighted by molar-refractivity contribution is 6.58. The summed E-state index contributed by atoms with van der Waals surface area (Å²) in [5.41, 5.74) is 2.58. The summed E-state index contributed by atoms with van der Waals surface area (Å²) >= 11 is 0. The van der Waals surface area contributed by atoms with Crippen LogP contribution in [0.25, 0.3) is 11.1 Å². The molecule has 0 atom stereocenters. The van der Waals surface area contributed by atoms with Crippen molar-refractivity contribution in [2.75, 3.05) is 0 Å². The van der Waals surface area contributed by atoms with Crippen LogP contribution in [0.4, 0.5) is 0 Å². The Morgan fingerprint density at radius 2 is 1.32 bits per heavy atom. The van der Waals surface area contributed by atoms with E-state index in [1.54, 1.807) is 12.1 Å². The molecular weight excluding hydrogens is 239 g/mol. The van der Waals surface area contributed by atoms with Gasteiger partial charge in [0.2, 0.25) is 0 Å². The lowest BCUT2D eigenvalue weighted by molar-refractivity contribution is 0.242. The zero-order valence-electron chi connectivity index (χ0n) is 11.1. The first-order chi connectivity index (χ1) is 9.06. The van der Waals surface area contributed by atoms with Gasteiger partial charge in [-0.3, -0.25) is 0 Å². The molecule has 0 radical (unpaired) electrons. The van der Waals surface area contributed by atoms with Crippen molar-refractivity contribution in [3.63, 3.8) is 0 Å². The highest BCUT2D eigenvalue weighted by Gasteiger charge is 2.10. The SMILES string of the molecule is CC(C)Oc1ccc(-c2ccc(B(O)O)cc2)cc1. The van der Waals surface area contributed by atoms with Crippen LogP contribution in [0.5, 0.6) is 5.75 Å². The van der Waals surface area contributed by atoms with E-state index in [1.807, 2.05) is 50.2 Å². The molecule has 19 heavy (non-hydrogen) atoms. The maximum absolute atomic E-state index is 9.04. The van der Waals surface area contributed by atoms with Gasteiger partial charge in [-0.1, -0.05) is 36.4 Å². The maximum atomic E-state index is 9.04. The average molecular weight is 256 g/mol. The highest BCUT2D eigenvalue weighted by Crippen LogP contribution is 2.22. The van der Waals surface area contributed by atoms with E-state index in [4.69, 9.17) is 14.8 Å². The predicted octanol–water partition coefficient (Wildman–Crippen LogP) is 1.82. The average Bonchev–Trinajstić information content (AvgIpc) is 2.39. The van der Waals surface area contributed by atoms with Crippen molar-refractivity contribution in [1.29, 1.82) is 0 Å². The molecule has 0 amide bonds. The van der Waals surface area contributed by atoms with E-state index in [9.17, 15) is 0 Å². The van der Waals surface area contributed by atoms with Crippen molar-refractivity contribution in [1.82, 2.24) is 0 Å². The third kappa shape index (κ3) is 3.59. The quantitative estimate of drug-likeness (QED) is 0.820. The summed E-state index contributed by atoms with van der Waals surface area (Å²) in [6.45, 7) is 3.99. The first-order valence-corrected chi connectivity index (χ1v) is 6.29. The zero-order chi connectivity index (χ0) is 13.8. The Kier molecular flexibility index (Phi) is 4.25. The molecule has 0 unspecified atom stereocenters. The Hall–Kier alpha value is -1.78. The van der Waals surface area contributed by atoms with Crippen LogP contribution in [0, 0.1) is 0 Å². The van der Waals surface area contributed by atoms with Gasteiger partial charge in [-0.05, 0) is 42.6 Å². The molecule has 4 heteroatoms. The van der Waals surface area contributed by atoms with E-state index < -0.39 is 7.12 Å². The summed E-state index contributed by atoms with van der Waals surface area (Å²) in [6, 6.07) is 15.0. The molecule has 0 bridgehead atoms. The van der Waals surface area contributed by atoms with Gasteiger partial charge >= 0.3 is 7.12 Å². The lowest BCUT2D eigenvalue weighted by atomic mass is 9.80. The van der Waals surface area contributed by atoms with Gasteiger partial charge in [-0.15, -0.1) is 0 Å². The molecule has 0 fully saturated rings. The Bertz CT molecular complexity index is 518. The molecule has 0 aliphatic carbocycles. The fourth-order valence-electron chi connectivity index (χ4n) is 1.85. The highest BCUT2D eigenvalue weighted by atomic mass is 16.5. The molecule has 0 saturated carbocycles. The van der Waals surface area contributed by atoms with E-state index in [0.717, 1.165) is 16.9 Å². The third-order valence-corrected chi connectivity index (χ3v) is 2.77. The van der Waals surface area contributed by atoms with Crippen molar-refractivity contribution in [3.05, 3.63) is 48.5 Å². The minimum atomic E-state index is -1.42. The molecule has 2 rings (SSSR count). The van der Waals surface area contributed by atoms with Crippen molar-refractivity contribution in [2.24, 2.45) is 0 Å². The van der Waals surface area contributed by atoms with Crippen LogP contribution in [0.3, 0.4) is 0 Å². The van der Waals surface area contributed by atoms with Crippen LogP contribution in [0.2, 0.25) is 0 Å². The van der Waals surface area contributed by atoms with Gasteiger partial charge in [0.25, 0.3) is 0 Å². The summed E-state index contributed by atoms with van der Waals surface area (Å²) in [5, 5.41) is 18.1. The standard InChI is InChI=1S/C15H17BO3/c1-11(2)19-15-9-5-13(6-10-15)12-3-7-14(8-4-12)16(17)18/h3-11,17-18H,1-2H3. The van der Waals surface area contributed by atoms with Gasteiger partial charge in [0, 0.05) is 0 Å². The molecule has 0 aliphatic heterocycles. The molecule has 0 aliphatic rings. The fourth-order valence-corrected chi connectivity index (χ4v) is 1.85. The second kappa shape index (κ2) is 5.91. The molecule has 0 heterocycles. The second-order valence-corrected chi connectivity index (χ2v) is 4.69. The van der Waals surface area contributed by atoms with Crippen LogP contribution in [0.15, 0.2) is 48.5 Å². The topological polar surface area (TPSA) is 49.7 Å². The summed E-state index contributed by atoms with van der Waals surface area (Å²) in [7, 11) is -1.42. The number of ether oxygens (including phenoxy) is 1. The molecule has 2 aromatic rings. The van der Waals surface area contributed by atoms with E-state index >= 15 is 0 Å². The Morgan fingerprint density at radius 1 is 0.842 bits per heavy atom. The molecule has 0 aromatic heterocycles. The molecule has 2 aromatic carbocycles. The second-order valence-electron chi connectivity index (χ2n) is 4.69. The molecule has 0 spiro atoms.